The van der Waals surface area contributed by atoms with Gasteiger partial charge in [0.2, 0.25) is 11.8 Å². The van der Waals surface area contributed by atoms with E-state index >= 15 is 0 Å². The molecule has 4 N–H and O–H groups in total. The molecule has 0 atom stereocenters. The van der Waals surface area contributed by atoms with Gasteiger partial charge in [-0.2, -0.15) is 0 Å². The number of benzene rings is 2. The molecule has 2 amide bonds. The van der Waals surface area contributed by atoms with Crippen molar-refractivity contribution in [2.45, 2.75) is 82.9 Å². The van der Waals surface area contributed by atoms with Crippen LogP contribution >= 0.6 is 0 Å². The van der Waals surface area contributed by atoms with E-state index < -0.39 is 11.1 Å². The fourth-order valence-electron chi connectivity index (χ4n) is 6.88. The molecule has 0 aliphatic heterocycles. The standard InChI is InChI=1S/C35H44N4O3/c1-23(2)33(41)39(4)28-16-10-24(11-17-28)18-32(40)38-31-19-29(25-8-6-5-7-9-25)30(20-37-31)26-12-14-27(15-13-26)35(36)21-34(3,42)22-35/h5-9,12-15,19-20,23-24,28,42H,10-11,16-18,21-22,36H2,1-4H3,(H,37,38,40)/t24?,28?,34-,35-. The second-order valence-electron chi connectivity index (χ2n) is 13.1. The third kappa shape index (κ3) is 6.58. The van der Waals surface area contributed by atoms with Crippen LogP contribution in [-0.2, 0) is 15.1 Å². The Labute approximate surface area is 249 Å². The number of hydrogen-bond acceptors (Lipinski definition) is 5. The lowest BCUT2D eigenvalue weighted by atomic mass is 9.63. The number of amides is 2. The van der Waals surface area contributed by atoms with Gasteiger partial charge in [0.25, 0.3) is 0 Å². The third-order valence-electron chi connectivity index (χ3n) is 9.10. The molecule has 42 heavy (non-hydrogen) atoms. The molecule has 0 radical (unpaired) electrons. The molecule has 5 rings (SSSR count). The lowest BCUT2D eigenvalue weighted by Crippen LogP contribution is -2.58. The Morgan fingerprint density at radius 2 is 1.62 bits per heavy atom. The zero-order valence-electron chi connectivity index (χ0n) is 25.3. The number of carbonyl (C=O) groups is 2. The molecule has 1 heterocycles. The van der Waals surface area contributed by atoms with Crippen LogP contribution < -0.4 is 11.1 Å². The summed E-state index contributed by atoms with van der Waals surface area (Å²) < 4.78 is 0. The van der Waals surface area contributed by atoms with Gasteiger partial charge in [-0.1, -0.05) is 68.4 Å². The molecule has 7 heteroatoms. The maximum Gasteiger partial charge on any atom is 0.225 e. The fraction of sp³-hybridized carbons (Fsp3) is 0.457. The lowest BCUT2D eigenvalue weighted by Gasteiger charge is -2.49. The monoisotopic (exact) mass is 568 g/mol. The van der Waals surface area contributed by atoms with E-state index in [2.05, 4.69) is 34.6 Å². The van der Waals surface area contributed by atoms with Crippen LogP contribution in [0, 0.1) is 11.8 Å². The van der Waals surface area contributed by atoms with Crippen LogP contribution in [0.3, 0.4) is 0 Å². The van der Waals surface area contributed by atoms with E-state index in [1.165, 1.54) is 0 Å². The minimum atomic E-state index is -0.706. The minimum Gasteiger partial charge on any atom is -0.390 e. The van der Waals surface area contributed by atoms with Crippen molar-refractivity contribution >= 4 is 17.6 Å². The van der Waals surface area contributed by atoms with E-state index in [0.717, 1.165) is 53.5 Å². The molecular weight excluding hydrogens is 524 g/mol. The van der Waals surface area contributed by atoms with Gasteiger partial charge in [-0.25, -0.2) is 4.98 Å². The minimum absolute atomic E-state index is 0.00150. The van der Waals surface area contributed by atoms with Gasteiger partial charge >= 0.3 is 0 Å². The highest BCUT2D eigenvalue weighted by molar-refractivity contribution is 5.92. The Hall–Kier alpha value is -3.55. The third-order valence-corrected chi connectivity index (χ3v) is 9.10. The zero-order valence-corrected chi connectivity index (χ0v) is 25.3. The maximum atomic E-state index is 13.1. The van der Waals surface area contributed by atoms with Crippen LogP contribution in [0.25, 0.3) is 22.3 Å². The highest BCUT2D eigenvalue weighted by atomic mass is 16.3. The van der Waals surface area contributed by atoms with E-state index in [9.17, 15) is 14.7 Å². The summed E-state index contributed by atoms with van der Waals surface area (Å²) in [6, 6.07) is 20.5. The first kappa shape index (κ1) is 29.9. The number of nitrogens with one attached hydrogen (secondary N) is 1. The van der Waals surface area contributed by atoms with Gasteiger partial charge in [0.15, 0.2) is 0 Å². The van der Waals surface area contributed by atoms with Crippen molar-refractivity contribution in [3.8, 4) is 22.3 Å². The molecule has 0 spiro atoms. The smallest absolute Gasteiger partial charge is 0.225 e. The predicted octanol–water partition coefficient (Wildman–Crippen LogP) is 6.12. The summed E-state index contributed by atoms with van der Waals surface area (Å²) in [6.07, 6.45) is 7.10. The number of aromatic nitrogens is 1. The number of nitrogens with two attached hydrogens (primary N) is 1. The van der Waals surface area contributed by atoms with Crippen molar-refractivity contribution in [1.82, 2.24) is 9.88 Å². The normalized spacial score (nSPS) is 25.5. The molecule has 1 aromatic heterocycles. The summed E-state index contributed by atoms with van der Waals surface area (Å²) in [7, 11) is 1.91. The molecule has 0 bridgehead atoms. The average Bonchev–Trinajstić information content (AvgIpc) is 2.96. The molecule has 2 fully saturated rings. The molecule has 0 saturated heterocycles. The second-order valence-corrected chi connectivity index (χ2v) is 13.1. The topological polar surface area (TPSA) is 109 Å². The first-order valence-corrected chi connectivity index (χ1v) is 15.2. The molecule has 2 aliphatic carbocycles. The van der Waals surface area contributed by atoms with Crippen molar-refractivity contribution in [3.05, 3.63) is 72.4 Å². The molecule has 7 nitrogen and oxygen atoms in total. The first-order valence-electron chi connectivity index (χ1n) is 15.2. The van der Waals surface area contributed by atoms with Crippen LogP contribution in [0.4, 0.5) is 5.82 Å². The lowest BCUT2D eigenvalue weighted by molar-refractivity contribution is -0.136. The van der Waals surface area contributed by atoms with Crippen molar-refractivity contribution in [2.24, 2.45) is 17.6 Å². The van der Waals surface area contributed by atoms with Crippen LogP contribution in [0.2, 0.25) is 0 Å². The van der Waals surface area contributed by atoms with Crippen molar-refractivity contribution in [2.75, 3.05) is 12.4 Å². The van der Waals surface area contributed by atoms with Crippen LogP contribution in [0.5, 0.6) is 0 Å². The Kier molecular flexibility index (Phi) is 8.53. The van der Waals surface area contributed by atoms with Crippen molar-refractivity contribution in [1.29, 1.82) is 0 Å². The predicted molar refractivity (Wildman–Crippen MR) is 167 cm³/mol. The summed E-state index contributed by atoms with van der Waals surface area (Å²) in [5.41, 5.74) is 10.4. The first-order chi connectivity index (χ1) is 19.9. The summed E-state index contributed by atoms with van der Waals surface area (Å²) in [6.45, 7) is 5.70. The van der Waals surface area contributed by atoms with Gasteiger partial charge in [-0.05, 0) is 79.7 Å². The van der Waals surface area contributed by atoms with Crippen molar-refractivity contribution < 1.29 is 14.7 Å². The number of pyridine rings is 1. The van der Waals surface area contributed by atoms with Crippen LogP contribution in [-0.4, -0.2) is 45.5 Å². The zero-order chi connectivity index (χ0) is 30.1. The highest BCUT2D eigenvalue weighted by Gasteiger charge is 2.49. The fourth-order valence-corrected chi connectivity index (χ4v) is 6.88. The molecule has 0 unspecified atom stereocenters. The van der Waals surface area contributed by atoms with E-state index in [0.29, 0.717) is 31.0 Å². The second kappa shape index (κ2) is 12.0. The number of nitrogens with zero attached hydrogens (tertiary/aromatic N) is 2. The van der Waals surface area contributed by atoms with Gasteiger partial charge in [-0.15, -0.1) is 0 Å². The summed E-state index contributed by atoms with van der Waals surface area (Å²) >= 11 is 0. The molecule has 2 aromatic carbocycles. The Morgan fingerprint density at radius 3 is 2.21 bits per heavy atom. The Balaban J connectivity index is 1.27. The van der Waals surface area contributed by atoms with E-state index in [1.54, 1.807) is 0 Å². The SMILES string of the molecule is CC(C)C(=O)N(C)C1CCC(CC(=O)Nc2cc(-c3ccccc3)c(-c3ccc([C@]4(N)C[C@](C)(O)C4)cc3)cn2)CC1. The quantitative estimate of drug-likeness (QED) is 0.304. The molecule has 222 valence electrons. The number of aliphatic hydroxyl groups is 1. The Bertz CT molecular complexity index is 1400. The van der Waals surface area contributed by atoms with E-state index in [4.69, 9.17) is 5.73 Å². The van der Waals surface area contributed by atoms with Gasteiger partial charge in [0, 0.05) is 42.7 Å². The average molecular weight is 569 g/mol. The van der Waals surface area contributed by atoms with E-state index in [1.807, 2.05) is 75.3 Å². The van der Waals surface area contributed by atoms with Crippen LogP contribution in [0.15, 0.2) is 66.9 Å². The Morgan fingerprint density at radius 1 is 1.00 bits per heavy atom. The number of rotatable bonds is 8. The molecule has 3 aromatic rings. The van der Waals surface area contributed by atoms with Crippen LogP contribution in [0.1, 0.15) is 71.3 Å². The van der Waals surface area contributed by atoms with Gasteiger partial charge < -0.3 is 21.1 Å². The summed E-state index contributed by atoms with van der Waals surface area (Å²) in [4.78, 5) is 32.0. The number of anilines is 1. The van der Waals surface area contributed by atoms with Gasteiger partial charge in [0.05, 0.1) is 5.60 Å². The summed E-state index contributed by atoms with van der Waals surface area (Å²) in [5.74, 6) is 1.000. The number of hydrogen-bond donors (Lipinski definition) is 3. The number of carbonyl (C=O) groups excluding carboxylic acids is 2. The van der Waals surface area contributed by atoms with E-state index in [-0.39, 0.29) is 23.8 Å². The maximum absolute atomic E-state index is 13.1. The van der Waals surface area contributed by atoms with Crippen molar-refractivity contribution in [3.63, 3.8) is 0 Å². The van der Waals surface area contributed by atoms with Gasteiger partial charge in [-0.3, -0.25) is 9.59 Å². The molecule has 2 aliphatic rings. The largest absolute Gasteiger partial charge is 0.390 e. The summed E-state index contributed by atoms with van der Waals surface area (Å²) in [5, 5.41) is 13.3. The van der Waals surface area contributed by atoms with Gasteiger partial charge in [0.1, 0.15) is 5.82 Å². The molecule has 2 saturated carbocycles. The highest BCUT2D eigenvalue weighted by Crippen LogP contribution is 2.46. The molecular formula is C35H44N4O3.